The summed E-state index contributed by atoms with van der Waals surface area (Å²) in [5.74, 6) is 0.852. The van der Waals surface area contributed by atoms with Gasteiger partial charge in [0, 0.05) is 41.9 Å². The molecule has 3 rings (SSSR count). The number of rotatable bonds is 6. The number of ether oxygens (including phenoxy) is 1. The van der Waals surface area contributed by atoms with E-state index in [-0.39, 0.29) is 11.9 Å². The first-order valence-electron chi connectivity index (χ1n) is 9.32. The second-order valence-corrected chi connectivity index (χ2v) is 7.76. The van der Waals surface area contributed by atoms with Gasteiger partial charge < -0.3 is 15.0 Å². The molecule has 0 bridgehead atoms. The Labute approximate surface area is 176 Å². The molecule has 1 saturated heterocycles. The molecular formula is C21H25Cl2N3O2. The molecule has 0 aliphatic carbocycles. The van der Waals surface area contributed by atoms with Gasteiger partial charge in [0.15, 0.2) is 0 Å². The topological polar surface area (TPSA) is 44.8 Å². The fourth-order valence-corrected chi connectivity index (χ4v) is 3.95. The van der Waals surface area contributed by atoms with Gasteiger partial charge in [-0.1, -0.05) is 29.3 Å². The van der Waals surface area contributed by atoms with E-state index in [2.05, 4.69) is 27.2 Å². The number of hydrogen-bond donors (Lipinski definition) is 1. The number of carbonyl (C=O) groups is 1. The zero-order valence-electron chi connectivity index (χ0n) is 16.1. The number of amides is 1. The molecule has 1 aliphatic rings. The summed E-state index contributed by atoms with van der Waals surface area (Å²) >= 11 is 12.2. The molecular weight excluding hydrogens is 397 g/mol. The monoisotopic (exact) mass is 421 g/mol. The number of halogens is 2. The number of hydrogen-bond acceptors (Lipinski definition) is 4. The Balaban J connectivity index is 1.47. The van der Waals surface area contributed by atoms with Crippen LogP contribution in [0.3, 0.4) is 0 Å². The van der Waals surface area contributed by atoms with Crippen molar-refractivity contribution in [1.29, 1.82) is 0 Å². The first-order valence-corrected chi connectivity index (χ1v) is 10.1. The number of methoxy groups -OCH3 is 1. The van der Waals surface area contributed by atoms with Gasteiger partial charge in [-0.25, -0.2) is 0 Å². The quantitative estimate of drug-likeness (QED) is 0.765. The van der Waals surface area contributed by atoms with E-state index < -0.39 is 0 Å². The maximum absolute atomic E-state index is 12.4. The minimum atomic E-state index is -0.169. The van der Waals surface area contributed by atoms with Gasteiger partial charge >= 0.3 is 0 Å². The second kappa shape index (κ2) is 9.50. The van der Waals surface area contributed by atoms with E-state index in [1.54, 1.807) is 19.2 Å². The maximum Gasteiger partial charge on any atom is 0.234 e. The lowest BCUT2D eigenvalue weighted by Crippen LogP contribution is -2.49. The van der Waals surface area contributed by atoms with Crippen LogP contribution in [0.4, 0.5) is 5.69 Å². The number of carbonyl (C=O) groups excluding carboxylic acids is 1. The zero-order valence-corrected chi connectivity index (χ0v) is 17.6. The molecule has 150 valence electrons. The molecule has 1 unspecified atom stereocenters. The lowest BCUT2D eigenvalue weighted by atomic mass is 10.1. The molecule has 1 N–H and O–H groups in total. The van der Waals surface area contributed by atoms with Crippen molar-refractivity contribution in [2.75, 3.05) is 44.7 Å². The molecule has 0 radical (unpaired) electrons. The summed E-state index contributed by atoms with van der Waals surface area (Å²) in [5.41, 5.74) is 2.04. The molecule has 2 aromatic carbocycles. The van der Waals surface area contributed by atoms with Crippen molar-refractivity contribution in [3.8, 4) is 5.75 Å². The Morgan fingerprint density at radius 1 is 1.11 bits per heavy atom. The van der Waals surface area contributed by atoms with Crippen molar-refractivity contribution < 1.29 is 9.53 Å². The lowest BCUT2D eigenvalue weighted by molar-refractivity contribution is -0.123. The minimum Gasteiger partial charge on any atom is -0.497 e. The fourth-order valence-electron chi connectivity index (χ4n) is 3.38. The van der Waals surface area contributed by atoms with E-state index in [0.29, 0.717) is 16.6 Å². The van der Waals surface area contributed by atoms with Gasteiger partial charge in [0.1, 0.15) is 5.75 Å². The number of nitrogens with zero attached hydrogens (tertiary/aromatic N) is 2. The normalized spacial score (nSPS) is 15.9. The molecule has 2 aromatic rings. The van der Waals surface area contributed by atoms with Crippen LogP contribution in [-0.4, -0.2) is 50.6 Å². The van der Waals surface area contributed by atoms with E-state index in [0.717, 1.165) is 37.5 Å². The van der Waals surface area contributed by atoms with Crippen LogP contribution in [0.2, 0.25) is 10.0 Å². The molecule has 0 saturated carbocycles. The molecule has 1 atom stereocenters. The highest BCUT2D eigenvalue weighted by Gasteiger charge is 2.20. The Bertz CT molecular complexity index is 806. The van der Waals surface area contributed by atoms with Gasteiger partial charge in [-0.2, -0.15) is 0 Å². The number of nitrogens with one attached hydrogen (secondary N) is 1. The molecule has 1 heterocycles. The van der Waals surface area contributed by atoms with E-state index in [1.165, 1.54) is 5.69 Å². The lowest BCUT2D eigenvalue weighted by Gasteiger charge is -2.36. The van der Waals surface area contributed by atoms with Gasteiger partial charge in [-0.15, -0.1) is 0 Å². The Hall–Kier alpha value is -1.95. The fraction of sp³-hybridized carbons (Fsp3) is 0.381. The second-order valence-electron chi connectivity index (χ2n) is 6.92. The highest BCUT2D eigenvalue weighted by molar-refractivity contribution is 6.35. The van der Waals surface area contributed by atoms with Crippen molar-refractivity contribution in [2.24, 2.45) is 0 Å². The van der Waals surface area contributed by atoms with Crippen LogP contribution < -0.4 is 15.0 Å². The third-order valence-electron chi connectivity index (χ3n) is 4.98. The third kappa shape index (κ3) is 5.31. The maximum atomic E-state index is 12.4. The van der Waals surface area contributed by atoms with Crippen LogP contribution in [0.25, 0.3) is 0 Å². The SMILES string of the molecule is COc1ccc(N2CCN(CC(=O)NC(C)c3ccc(Cl)cc3Cl)CC2)cc1. The van der Waals surface area contributed by atoms with Gasteiger partial charge in [-0.3, -0.25) is 9.69 Å². The predicted molar refractivity (Wildman–Crippen MR) is 115 cm³/mol. The first kappa shape index (κ1) is 20.8. The molecule has 28 heavy (non-hydrogen) atoms. The van der Waals surface area contributed by atoms with Gasteiger partial charge in [0.05, 0.1) is 19.7 Å². The molecule has 1 fully saturated rings. The highest BCUT2D eigenvalue weighted by Crippen LogP contribution is 2.26. The van der Waals surface area contributed by atoms with Gasteiger partial charge in [-0.05, 0) is 48.9 Å². The predicted octanol–water partition coefficient (Wildman–Crippen LogP) is 4.00. The van der Waals surface area contributed by atoms with Crippen LogP contribution in [0.5, 0.6) is 5.75 Å². The molecule has 0 aromatic heterocycles. The Kier molecular flexibility index (Phi) is 7.05. The summed E-state index contributed by atoms with van der Waals surface area (Å²) in [4.78, 5) is 16.9. The third-order valence-corrected chi connectivity index (χ3v) is 5.55. The Morgan fingerprint density at radius 3 is 2.39 bits per heavy atom. The largest absolute Gasteiger partial charge is 0.497 e. The number of piperazine rings is 1. The number of benzene rings is 2. The standard InChI is InChI=1S/C21H25Cl2N3O2/c1-15(19-8-3-16(22)13-20(19)23)24-21(27)14-25-9-11-26(12-10-25)17-4-6-18(28-2)7-5-17/h3-8,13,15H,9-12,14H2,1-2H3,(H,24,27). The molecule has 5 nitrogen and oxygen atoms in total. The molecule has 1 aliphatic heterocycles. The summed E-state index contributed by atoms with van der Waals surface area (Å²) in [6.45, 7) is 5.77. The zero-order chi connectivity index (χ0) is 20.1. The van der Waals surface area contributed by atoms with Crippen LogP contribution in [0.15, 0.2) is 42.5 Å². The van der Waals surface area contributed by atoms with E-state index in [4.69, 9.17) is 27.9 Å². The summed E-state index contributed by atoms with van der Waals surface area (Å²) in [5, 5.41) is 4.17. The van der Waals surface area contributed by atoms with Gasteiger partial charge in [0.2, 0.25) is 5.91 Å². The molecule has 0 spiro atoms. The summed E-state index contributed by atoms with van der Waals surface area (Å²) in [7, 11) is 1.67. The van der Waals surface area contributed by atoms with E-state index in [9.17, 15) is 4.79 Å². The first-order chi connectivity index (χ1) is 13.5. The summed E-state index contributed by atoms with van der Waals surface area (Å²) in [6.07, 6.45) is 0. The van der Waals surface area contributed by atoms with Crippen molar-refractivity contribution in [3.05, 3.63) is 58.1 Å². The molecule has 7 heteroatoms. The van der Waals surface area contributed by atoms with Crippen LogP contribution in [-0.2, 0) is 4.79 Å². The average Bonchev–Trinajstić information content (AvgIpc) is 2.68. The summed E-state index contributed by atoms with van der Waals surface area (Å²) < 4.78 is 5.21. The van der Waals surface area contributed by atoms with Crippen molar-refractivity contribution in [3.63, 3.8) is 0 Å². The van der Waals surface area contributed by atoms with Crippen LogP contribution in [0.1, 0.15) is 18.5 Å². The van der Waals surface area contributed by atoms with Crippen LogP contribution >= 0.6 is 23.2 Å². The minimum absolute atomic E-state index is 0.00332. The van der Waals surface area contributed by atoms with Crippen molar-refractivity contribution in [1.82, 2.24) is 10.2 Å². The summed E-state index contributed by atoms with van der Waals surface area (Å²) in [6, 6.07) is 13.2. The van der Waals surface area contributed by atoms with Gasteiger partial charge in [0.25, 0.3) is 0 Å². The Morgan fingerprint density at radius 2 is 1.79 bits per heavy atom. The number of anilines is 1. The van der Waals surface area contributed by atoms with Crippen molar-refractivity contribution >= 4 is 34.8 Å². The smallest absolute Gasteiger partial charge is 0.234 e. The van der Waals surface area contributed by atoms with E-state index >= 15 is 0 Å². The van der Waals surface area contributed by atoms with Crippen molar-refractivity contribution in [2.45, 2.75) is 13.0 Å². The highest BCUT2D eigenvalue weighted by atomic mass is 35.5. The van der Waals surface area contributed by atoms with Crippen LogP contribution in [0, 0.1) is 0 Å². The molecule has 1 amide bonds. The van der Waals surface area contributed by atoms with E-state index in [1.807, 2.05) is 25.1 Å². The average molecular weight is 422 g/mol.